The van der Waals surface area contributed by atoms with E-state index in [1.807, 2.05) is 41.8 Å². The number of aromatic nitrogens is 1. The summed E-state index contributed by atoms with van der Waals surface area (Å²) in [5.41, 5.74) is 4.07. The summed E-state index contributed by atoms with van der Waals surface area (Å²) in [5.74, 6) is 0.246. The zero-order valence-corrected chi connectivity index (χ0v) is 17.8. The Labute approximate surface area is 174 Å². The van der Waals surface area contributed by atoms with Crippen LogP contribution in [0, 0.1) is 5.92 Å². The average molecular weight is 428 g/mol. The predicted molar refractivity (Wildman–Crippen MR) is 118 cm³/mol. The van der Waals surface area contributed by atoms with Gasteiger partial charge in [-0.05, 0) is 37.1 Å². The second-order valence-corrected chi connectivity index (χ2v) is 10.0. The molecular formula is C21H21N3O3S2. The lowest BCUT2D eigenvalue weighted by Gasteiger charge is -2.16. The van der Waals surface area contributed by atoms with Crippen LogP contribution in [0.2, 0.25) is 0 Å². The lowest BCUT2D eigenvalue weighted by atomic mass is 10.1. The van der Waals surface area contributed by atoms with Crippen LogP contribution in [-0.4, -0.2) is 32.6 Å². The number of thiazole rings is 1. The van der Waals surface area contributed by atoms with Crippen LogP contribution in [0.4, 0.5) is 11.4 Å². The van der Waals surface area contributed by atoms with Crippen LogP contribution < -0.4 is 9.62 Å². The molecule has 8 heteroatoms. The lowest BCUT2D eigenvalue weighted by molar-refractivity contribution is -0.117. The molecule has 0 aliphatic heterocycles. The second kappa shape index (κ2) is 7.61. The zero-order chi connectivity index (χ0) is 20.6. The molecule has 150 valence electrons. The molecule has 6 nitrogen and oxygen atoms in total. The molecule has 0 unspecified atom stereocenters. The molecule has 1 aromatic heterocycles. The minimum Gasteiger partial charge on any atom is -0.326 e. The topological polar surface area (TPSA) is 79.4 Å². The van der Waals surface area contributed by atoms with Gasteiger partial charge in [0.1, 0.15) is 5.01 Å². The van der Waals surface area contributed by atoms with Gasteiger partial charge in [-0.2, -0.15) is 0 Å². The van der Waals surface area contributed by atoms with Crippen molar-refractivity contribution < 1.29 is 13.2 Å². The number of hydrogen-bond acceptors (Lipinski definition) is 5. The van der Waals surface area contributed by atoms with Gasteiger partial charge in [0.2, 0.25) is 15.9 Å². The Kier molecular flexibility index (Phi) is 5.14. The molecule has 0 bridgehead atoms. The van der Waals surface area contributed by atoms with E-state index in [1.54, 1.807) is 12.1 Å². The predicted octanol–water partition coefficient (Wildman–Crippen LogP) is 4.22. The lowest BCUT2D eigenvalue weighted by Crippen LogP contribution is -2.24. The number of sulfonamides is 1. The molecule has 1 amide bonds. The fraction of sp³-hybridized carbons (Fsp3) is 0.238. The van der Waals surface area contributed by atoms with E-state index in [9.17, 15) is 13.2 Å². The SMILES string of the molecule is CN(c1ccc(-c2csc(-c3cccc(NC(=O)C4CC4)c3)n2)cc1)S(C)(=O)=O. The number of rotatable bonds is 6. The molecular weight excluding hydrogens is 406 g/mol. The number of carbonyl (C=O) groups is 1. The first-order valence-electron chi connectivity index (χ1n) is 9.22. The molecule has 2 aromatic carbocycles. The van der Waals surface area contributed by atoms with Crippen molar-refractivity contribution in [2.45, 2.75) is 12.8 Å². The van der Waals surface area contributed by atoms with E-state index in [4.69, 9.17) is 4.98 Å². The highest BCUT2D eigenvalue weighted by atomic mass is 32.2. The smallest absolute Gasteiger partial charge is 0.231 e. The molecule has 1 saturated carbocycles. The summed E-state index contributed by atoms with van der Waals surface area (Å²) in [6.45, 7) is 0. The van der Waals surface area contributed by atoms with Crippen molar-refractivity contribution >= 4 is 38.6 Å². The Morgan fingerprint density at radius 3 is 2.52 bits per heavy atom. The molecule has 1 heterocycles. The van der Waals surface area contributed by atoms with Gasteiger partial charge in [-0.1, -0.05) is 24.3 Å². The maximum atomic E-state index is 12.0. The number of nitrogens with one attached hydrogen (secondary N) is 1. The summed E-state index contributed by atoms with van der Waals surface area (Å²) >= 11 is 1.53. The van der Waals surface area contributed by atoms with E-state index in [0.717, 1.165) is 40.4 Å². The number of anilines is 2. The molecule has 1 N–H and O–H groups in total. The molecule has 0 spiro atoms. The van der Waals surface area contributed by atoms with Crippen molar-refractivity contribution in [2.75, 3.05) is 22.9 Å². The number of carbonyl (C=O) groups excluding carboxylic acids is 1. The number of amides is 1. The van der Waals surface area contributed by atoms with Crippen molar-refractivity contribution in [3.8, 4) is 21.8 Å². The van der Waals surface area contributed by atoms with E-state index in [0.29, 0.717) is 5.69 Å². The third-order valence-electron chi connectivity index (χ3n) is 4.85. The van der Waals surface area contributed by atoms with E-state index in [-0.39, 0.29) is 11.8 Å². The van der Waals surface area contributed by atoms with Crippen LogP contribution in [0.1, 0.15) is 12.8 Å². The summed E-state index contributed by atoms with van der Waals surface area (Å²) in [6.07, 6.45) is 3.12. The maximum Gasteiger partial charge on any atom is 0.231 e. The summed E-state index contributed by atoms with van der Waals surface area (Å²) in [6, 6.07) is 15.0. The van der Waals surface area contributed by atoms with Gasteiger partial charge in [0.15, 0.2) is 0 Å². The van der Waals surface area contributed by atoms with Gasteiger partial charge in [-0.3, -0.25) is 9.10 Å². The van der Waals surface area contributed by atoms with E-state index >= 15 is 0 Å². The van der Waals surface area contributed by atoms with Gasteiger partial charge < -0.3 is 5.32 Å². The largest absolute Gasteiger partial charge is 0.326 e. The quantitative estimate of drug-likeness (QED) is 0.639. The van der Waals surface area contributed by atoms with Gasteiger partial charge in [0.05, 0.1) is 17.6 Å². The van der Waals surface area contributed by atoms with Gasteiger partial charge in [0.25, 0.3) is 0 Å². The third kappa shape index (κ3) is 4.49. The zero-order valence-electron chi connectivity index (χ0n) is 16.1. The molecule has 29 heavy (non-hydrogen) atoms. The summed E-state index contributed by atoms with van der Waals surface area (Å²) in [5, 5.41) is 5.80. The molecule has 0 radical (unpaired) electrons. The minimum absolute atomic E-state index is 0.0844. The molecule has 1 fully saturated rings. The summed E-state index contributed by atoms with van der Waals surface area (Å²) < 4.78 is 24.6. The van der Waals surface area contributed by atoms with Crippen LogP contribution in [0.25, 0.3) is 21.8 Å². The van der Waals surface area contributed by atoms with Crippen LogP contribution in [0.15, 0.2) is 53.9 Å². The highest BCUT2D eigenvalue weighted by Crippen LogP contribution is 2.33. The molecule has 1 aliphatic rings. The Balaban J connectivity index is 1.53. The van der Waals surface area contributed by atoms with Gasteiger partial charge >= 0.3 is 0 Å². The van der Waals surface area contributed by atoms with E-state index in [2.05, 4.69) is 5.32 Å². The Bertz CT molecular complexity index is 1150. The fourth-order valence-corrected chi connectivity index (χ4v) is 4.22. The van der Waals surface area contributed by atoms with Crippen molar-refractivity contribution in [1.29, 1.82) is 0 Å². The highest BCUT2D eigenvalue weighted by molar-refractivity contribution is 7.92. The van der Waals surface area contributed by atoms with Crippen LogP contribution in [-0.2, 0) is 14.8 Å². The van der Waals surface area contributed by atoms with E-state index in [1.165, 1.54) is 28.9 Å². The highest BCUT2D eigenvalue weighted by Gasteiger charge is 2.29. The third-order valence-corrected chi connectivity index (χ3v) is 6.95. The van der Waals surface area contributed by atoms with Gasteiger partial charge in [-0.15, -0.1) is 11.3 Å². The summed E-state index contributed by atoms with van der Waals surface area (Å²) in [4.78, 5) is 16.7. The van der Waals surface area contributed by atoms with Crippen LogP contribution in [0.3, 0.4) is 0 Å². The molecule has 0 atom stereocenters. The van der Waals surface area contributed by atoms with Crippen molar-refractivity contribution in [2.24, 2.45) is 5.92 Å². The molecule has 0 saturated heterocycles. The molecule has 1 aliphatic carbocycles. The van der Waals surface area contributed by atoms with Crippen molar-refractivity contribution in [3.63, 3.8) is 0 Å². The molecule has 4 rings (SSSR count). The van der Waals surface area contributed by atoms with Crippen LogP contribution in [0.5, 0.6) is 0 Å². The average Bonchev–Trinajstić information content (AvgIpc) is 3.44. The standard InChI is InChI=1S/C21H21N3O3S2/c1-24(29(2,26)27)18-10-8-14(9-11-18)19-13-28-21(23-19)16-4-3-5-17(12-16)22-20(25)15-6-7-15/h3-5,8-13,15H,6-7H2,1-2H3,(H,22,25). The monoisotopic (exact) mass is 427 g/mol. The van der Waals surface area contributed by atoms with Gasteiger partial charge in [0, 0.05) is 35.2 Å². The van der Waals surface area contributed by atoms with Crippen molar-refractivity contribution in [1.82, 2.24) is 4.98 Å². The van der Waals surface area contributed by atoms with Crippen molar-refractivity contribution in [3.05, 3.63) is 53.9 Å². The normalized spacial score (nSPS) is 13.9. The van der Waals surface area contributed by atoms with Crippen LogP contribution >= 0.6 is 11.3 Å². The summed E-state index contributed by atoms with van der Waals surface area (Å²) in [7, 11) is -1.76. The first-order chi connectivity index (χ1) is 13.8. The number of hydrogen-bond donors (Lipinski definition) is 1. The first-order valence-corrected chi connectivity index (χ1v) is 12.0. The Morgan fingerprint density at radius 1 is 1.14 bits per heavy atom. The minimum atomic E-state index is -3.29. The Morgan fingerprint density at radius 2 is 1.86 bits per heavy atom. The second-order valence-electron chi connectivity index (χ2n) is 7.16. The first kappa shape index (κ1) is 19.6. The molecule has 3 aromatic rings. The van der Waals surface area contributed by atoms with Gasteiger partial charge in [-0.25, -0.2) is 13.4 Å². The maximum absolute atomic E-state index is 12.0. The Hall–Kier alpha value is -2.71. The van der Waals surface area contributed by atoms with E-state index < -0.39 is 10.0 Å². The number of benzene rings is 2. The number of nitrogens with zero attached hydrogens (tertiary/aromatic N) is 2. The fourth-order valence-electron chi connectivity index (χ4n) is 2.89.